The first-order valence-electron chi connectivity index (χ1n) is 4.88. The molecule has 1 aromatic heterocycles. The molecule has 0 atom stereocenters. The van der Waals surface area contributed by atoms with Crippen LogP contribution in [-0.4, -0.2) is 11.6 Å². The zero-order chi connectivity index (χ0) is 9.80. The molecule has 1 saturated carbocycles. The van der Waals surface area contributed by atoms with Crippen molar-refractivity contribution in [2.24, 2.45) is 11.8 Å². The zero-order valence-electron chi connectivity index (χ0n) is 8.07. The molecular formula is C10H15N3O. The lowest BCUT2D eigenvalue weighted by Crippen LogP contribution is -2.11. The summed E-state index contributed by atoms with van der Waals surface area (Å²) in [6, 6.07) is 3.85. The van der Waals surface area contributed by atoms with Crippen LogP contribution in [0, 0.1) is 5.92 Å². The van der Waals surface area contributed by atoms with Gasteiger partial charge in [-0.3, -0.25) is 0 Å². The van der Waals surface area contributed by atoms with Crippen molar-refractivity contribution in [3.8, 4) is 0 Å². The van der Waals surface area contributed by atoms with Crippen molar-refractivity contribution >= 4 is 5.82 Å². The van der Waals surface area contributed by atoms with Crippen LogP contribution in [0.15, 0.2) is 18.3 Å². The molecule has 0 aromatic carbocycles. The lowest BCUT2D eigenvalue weighted by Gasteiger charge is -2.07. The van der Waals surface area contributed by atoms with Gasteiger partial charge in [-0.2, -0.15) is 0 Å². The third-order valence-corrected chi connectivity index (χ3v) is 2.34. The lowest BCUT2D eigenvalue weighted by atomic mass is 10.3. The number of pyridine rings is 1. The van der Waals surface area contributed by atoms with Gasteiger partial charge in [-0.25, -0.2) is 10.8 Å². The van der Waals surface area contributed by atoms with Crippen LogP contribution >= 0.6 is 0 Å². The second-order valence-corrected chi connectivity index (χ2v) is 3.61. The van der Waals surface area contributed by atoms with Gasteiger partial charge in [-0.05, 0) is 24.8 Å². The first kappa shape index (κ1) is 9.43. The van der Waals surface area contributed by atoms with Crippen LogP contribution in [-0.2, 0) is 11.3 Å². The molecule has 76 valence electrons. The molecule has 0 aliphatic heterocycles. The van der Waals surface area contributed by atoms with E-state index in [1.165, 1.54) is 12.8 Å². The van der Waals surface area contributed by atoms with Crippen LogP contribution < -0.4 is 11.3 Å². The van der Waals surface area contributed by atoms with Gasteiger partial charge in [0.05, 0.1) is 6.61 Å². The number of nitrogen functional groups attached to an aromatic ring is 1. The van der Waals surface area contributed by atoms with Crippen molar-refractivity contribution in [3.63, 3.8) is 0 Å². The SMILES string of the molecule is NNc1ncccc1COCC1CC1. The molecule has 0 unspecified atom stereocenters. The monoisotopic (exact) mass is 193 g/mol. The maximum absolute atomic E-state index is 5.55. The van der Waals surface area contributed by atoms with E-state index in [0.717, 1.165) is 18.1 Å². The predicted molar refractivity (Wildman–Crippen MR) is 54.4 cm³/mol. The number of rotatable bonds is 5. The third kappa shape index (κ3) is 2.43. The van der Waals surface area contributed by atoms with Crippen molar-refractivity contribution in [1.82, 2.24) is 4.98 Å². The lowest BCUT2D eigenvalue weighted by molar-refractivity contribution is 0.111. The van der Waals surface area contributed by atoms with E-state index in [1.54, 1.807) is 6.20 Å². The molecule has 4 nitrogen and oxygen atoms in total. The number of hydrogen-bond donors (Lipinski definition) is 2. The van der Waals surface area contributed by atoms with E-state index in [1.807, 2.05) is 12.1 Å². The van der Waals surface area contributed by atoms with E-state index in [0.29, 0.717) is 12.4 Å². The van der Waals surface area contributed by atoms with Gasteiger partial charge < -0.3 is 10.2 Å². The fourth-order valence-corrected chi connectivity index (χ4v) is 1.31. The molecule has 4 heteroatoms. The standard InChI is InChI=1S/C10H15N3O/c11-13-10-9(2-1-5-12-10)7-14-6-8-3-4-8/h1-2,5,8H,3-4,6-7,11H2,(H,12,13). The van der Waals surface area contributed by atoms with Gasteiger partial charge in [0.1, 0.15) is 5.82 Å². The minimum atomic E-state index is 0.587. The number of anilines is 1. The van der Waals surface area contributed by atoms with Crippen LogP contribution in [0.3, 0.4) is 0 Å². The highest BCUT2D eigenvalue weighted by atomic mass is 16.5. The molecule has 1 aromatic rings. The predicted octanol–water partition coefficient (Wildman–Crippen LogP) is 1.29. The molecule has 0 saturated heterocycles. The largest absolute Gasteiger partial charge is 0.376 e. The smallest absolute Gasteiger partial charge is 0.145 e. The Morgan fingerprint density at radius 3 is 3.14 bits per heavy atom. The molecule has 2 rings (SSSR count). The molecule has 1 heterocycles. The molecular weight excluding hydrogens is 178 g/mol. The van der Waals surface area contributed by atoms with E-state index in [2.05, 4.69) is 10.4 Å². The molecule has 1 fully saturated rings. The number of aromatic nitrogens is 1. The van der Waals surface area contributed by atoms with Gasteiger partial charge in [-0.1, -0.05) is 6.07 Å². The Hall–Kier alpha value is -1.13. The number of hydrogen-bond acceptors (Lipinski definition) is 4. The maximum atomic E-state index is 5.55. The Morgan fingerprint density at radius 2 is 2.43 bits per heavy atom. The summed E-state index contributed by atoms with van der Waals surface area (Å²) in [6.07, 6.45) is 4.34. The van der Waals surface area contributed by atoms with Gasteiger partial charge in [-0.15, -0.1) is 0 Å². The number of ether oxygens (including phenoxy) is 1. The first-order chi connectivity index (χ1) is 6.90. The number of hydrazine groups is 1. The molecule has 3 N–H and O–H groups in total. The summed E-state index contributed by atoms with van der Waals surface area (Å²) < 4.78 is 5.55. The van der Waals surface area contributed by atoms with Gasteiger partial charge >= 0.3 is 0 Å². The normalized spacial score (nSPS) is 15.5. The minimum absolute atomic E-state index is 0.587. The summed E-state index contributed by atoms with van der Waals surface area (Å²) >= 11 is 0. The molecule has 14 heavy (non-hydrogen) atoms. The summed E-state index contributed by atoms with van der Waals surface area (Å²) in [4.78, 5) is 4.09. The van der Waals surface area contributed by atoms with Crippen LogP contribution in [0.5, 0.6) is 0 Å². The number of nitrogens with two attached hydrogens (primary N) is 1. The fourth-order valence-electron chi connectivity index (χ4n) is 1.31. The second-order valence-electron chi connectivity index (χ2n) is 3.61. The summed E-state index contributed by atoms with van der Waals surface area (Å²) in [7, 11) is 0. The Kier molecular flexibility index (Phi) is 2.96. The van der Waals surface area contributed by atoms with Crippen LogP contribution in [0.1, 0.15) is 18.4 Å². The van der Waals surface area contributed by atoms with Crippen molar-refractivity contribution in [1.29, 1.82) is 0 Å². The molecule has 1 aliphatic carbocycles. The Morgan fingerprint density at radius 1 is 1.57 bits per heavy atom. The van der Waals surface area contributed by atoms with E-state index in [4.69, 9.17) is 10.6 Å². The number of nitrogens with one attached hydrogen (secondary N) is 1. The summed E-state index contributed by atoms with van der Waals surface area (Å²) in [6.45, 7) is 1.45. The van der Waals surface area contributed by atoms with Crippen LogP contribution in [0.2, 0.25) is 0 Å². The average molecular weight is 193 g/mol. The summed E-state index contributed by atoms with van der Waals surface area (Å²) in [5, 5.41) is 0. The van der Waals surface area contributed by atoms with Gasteiger partial charge in [0, 0.05) is 18.4 Å². The van der Waals surface area contributed by atoms with Crippen LogP contribution in [0.25, 0.3) is 0 Å². The maximum Gasteiger partial charge on any atom is 0.145 e. The van der Waals surface area contributed by atoms with Crippen LogP contribution in [0.4, 0.5) is 5.82 Å². The first-order valence-corrected chi connectivity index (χ1v) is 4.88. The van der Waals surface area contributed by atoms with Gasteiger partial charge in [0.15, 0.2) is 0 Å². The molecule has 1 aliphatic rings. The van der Waals surface area contributed by atoms with E-state index < -0.39 is 0 Å². The van der Waals surface area contributed by atoms with E-state index in [-0.39, 0.29) is 0 Å². The van der Waals surface area contributed by atoms with Crippen molar-refractivity contribution < 1.29 is 4.74 Å². The Bertz CT molecular complexity index is 299. The highest BCUT2D eigenvalue weighted by molar-refractivity contribution is 5.41. The van der Waals surface area contributed by atoms with E-state index in [9.17, 15) is 0 Å². The molecule has 0 bridgehead atoms. The summed E-state index contributed by atoms with van der Waals surface area (Å²) in [5.41, 5.74) is 3.57. The highest BCUT2D eigenvalue weighted by Gasteiger charge is 2.21. The molecule has 0 spiro atoms. The highest BCUT2D eigenvalue weighted by Crippen LogP contribution is 2.29. The quantitative estimate of drug-likeness (QED) is 0.546. The molecule has 0 amide bonds. The van der Waals surface area contributed by atoms with Gasteiger partial charge in [0.25, 0.3) is 0 Å². The second kappa shape index (κ2) is 4.39. The minimum Gasteiger partial charge on any atom is -0.376 e. The average Bonchev–Trinajstić information content (AvgIpc) is 3.03. The van der Waals surface area contributed by atoms with Crippen molar-refractivity contribution in [2.45, 2.75) is 19.4 Å². The van der Waals surface area contributed by atoms with Crippen molar-refractivity contribution in [2.75, 3.05) is 12.0 Å². The Balaban J connectivity index is 1.86. The number of nitrogens with zero attached hydrogens (tertiary/aromatic N) is 1. The topological polar surface area (TPSA) is 60.2 Å². The summed E-state index contributed by atoms with van der Waals surface area (Å²) in [5.74, 6) is 6.82. The molecule has 0 radical (unpaired) electrons. The van der Waals surface area contributed by atoms with Crippen molar-refractivity contribution in [3.05, 3.63) is 23.9 Å². The fraction of sp³-hybridized carbons (Fsp3) is 0.500. The van der Waals surface area contributed by atoms with Gasteiger partial charge in [0.2, 0.25) is 0 Å². The third-order valence-electron chi connectivity index (χ3n) is 2.34. The zero-order valence-corrected chi connectivity index (χ0v) is 8.07. The van der Waals surface area contributed by atoms with E-state index >= 15 is 0 Å². The Labute approximate surface area is 83.4 Å².